The first-order valence-corrected chi connectivity index (χ1v) is 13.2. The van der Waals surface area contributed by atoms with Gasteiger partial charge in [0.1, 0.15) is 23.1 Å². The Morgan fingerprint density at radius 3 is 2.16 bits per heavy atom. The maximum absolute atomic E-state index is 13.6. The second-order valence-electron chi connectivity index (χ2n) is 10.5. The zero-order chi connectivity index (χ0) is 27.1. The van der Waals surface area contributed by atoms with E-state index in [-0.39, 0.29) is 35.7 Å². The number of carbonyl (C=O) groups excluding carboxylic acids is 1. The van der Waals surface area contributed by atoms with Gasteiger partial charge in [-0.15, -0.1) is 0 Å². The van der Waals surface area contributed by atoms with Gasteiger partial charge in [0.25, 0.3) is 0 Å². The van der Waals surface area contributed by atoms with Crippen LogP contribution in [0.5, 0.6) is 17.2 Å². The average molecular weight is 521 g/mol. The van der Waals surface area contributed by atoms with Crippen molar-refractivity contribution >= 4 is 5.91 Å². The van der Waals surface area contributed by atoms with E-state index in [0.29, 0.717) is 25.6 Å². The van der Waals surface area contributed by atoms with Crippen LogP contribution in [-0.2, 0) is 24.3 Å². The Kier molecular flexibility index (Phi) is 9.24. The molecule has 38 heavy (non-hydrogen) atoms. The second kappa shape index (κ2) is 12.8. The van der Waals surface area contributed by atoms with Crippen LogP contribution >= 0.6 is 0 Å². The number of hydrogen-bond donors (Lipinski definition) is 2. The Bertz CT molecular complexity index is 1170. The monoisotopic (exact) mass is 520 g/mol. The number of aromatic hydroxyl groups is 2. The summed E-state index contributed by atoms with van der Waals surface area (Å²) in [6.45, 7) is 7.47. The Hall–Kier alpha value is -3.58. The van der Waals surface area contributed by atoms with Crippen LogP contribution < -0.4 is 4.74 Å². The molecule has 1 aliphatic rings. The lowest BCUT2D eigenvalue weighted by Gasteiger charge is -2.39. The van der Waals surface area contributed by atoms with Crippen molar-refractivity contribution in [3.63, 3.8) is 0 Å². The van der Waals surface area contributed by atoms with Gasteiger partial charge in [0, 0.05) is 38.3 Å². The molecule has 0 unspecified atom stereocenters. The van der Waals surface area contributed by atoms with Crippen LogP contribution in [0.25, 0.3) is 0 Å². The van der Waals surface area contributed by atoms with Gasteiger partial charge in [0.15, 0.2) is 0 Å². The van der Waals surface area contributed by atoms with Crippen LogP contribution in [0.15, 0.2) is 66.7 Å². The standard InChI is InChI=1S/C31H37FN2O4/c1-22(2)21-38-30-9-5-23(6-10-30)17-31(37)34(20-24-3-7-26(32)8-4-24)27-11-13-33(14-12-27)19-25-15-28(35)18-29(36)16-25/h3-10,15-16,18,22,27,35-36H,11-14,17,19-21H2,1-2H3. The van der Waals surface area contributed by atoms with Crippen LogP contribution in [0, 0.1) is 11.7 Å². The quantitative estimate of drug-likeness (QED) is 0.369. The van der Waals surface area contributed by atoms with Crippen molar-refractivity contribution < 1.29 is 24.1 Å². The van der Waals surface area contributed by atoms with Crippen molar-refractivity contribution in [2.24, 2.45) is 5.92 Å². The van der Waals surface area contributed by atoms with Crippen molar-refractivity contribution in [2.75, 3.05) is 19.7 Å². The maximum atomic E-state index is 13.6. The molecule has 6 nitrogen and oxygen atoms in total. The first-order chi connectivity index (χ1) is 18.2. The fraction of sp³-hybridized carbons (Fsp3) is 0.387. The van der Waals surface area contributed by atoms with E-state index in [1.54, 1.807) is 24.3 Å². The molecule has 0 aliphatic carbocycles. The van der Waals surface area contributed by atoms with E-state index in [0.717, 1.165) is 48.4 Å². The molecule has 0 atom stereocenters. The van der Waals surface area contributed by atoms with Gasteiger partial charge < -0.3 is 19.8 Å². The number of rotatable bonds is 10. The average Bonchev–Trinajstić information content (AvgIpc) is 2.88. The summed E-state index contributed by atoms with van der Waals surface area (Å²) in [5, 5.41) is 19.6. The fourth-order valence-corrected chi connectivity index (χ4v) is 4.85. The number of halogens is 1. The third-order valence-corrected chi connectivity index (χ3v) is 6.81. The van der Waals surface area contributed by atoms with Gasteiger partial charge in [0.05, 0.1) is 13.0 Å². The molecule has 0 radical (unpaired) electrons. The highest BCUT2D eigenvalue weighted by atomic mass is 19.1. The highest BCUT2D eigenvalue weighted by Crippen LogP contribution is 2.25. The zero-order valence-corrected chi connectivity index (χ0v) is 22.1. The SMILES string of the molecule is CC(C)COc1ccc(CC(=O)N(Cc2ccc(F)cc2)C2CCN(Cc3cc(O)cc(O)c3)CC2)cc1. The first-order valence-electron chi connectivity index (χ1n) is 13.2. The van der Waals surface area contributed by atoms with Gasteiger partial charge in [0.2, 0.25) is 5.91 Å². The largest absolute Gasteiger partial charge is 0.508 e. The number of nitrogens with zero attached hydrogens (tertiary/aromatic N) is 2. The number of benzene rings is 3. The summed E-state index contributed by atoms with van der Waals surface area (Å²) in [6.07, 6.45) is 1.90. The maximum Gasteiger partial charge on any atom is 0.227 e. The predicted octanol–water partition coefficient (Wildman–Crippen LogP) is 5.51. The Labute approximate surface area is 224 Å². The number of piperidine rings is 1. The van der Waals surface area contributed by atoms with E-state index >= 15 is 0 Å². The van der Waals surface area contributed by atoms with Crippen LogP contribution in [-0.4, -0.2) is 51.7 Å². The van der Waals surface area contributed by atoms with Gasteiger partial charge >= 0.3 is 0 Å². The van der Waals surface area contributed by atoms with Crippen molar-refractivity contribution in [3.8, 4) is 17.2 Å². The lowest BCUT2D eigenvalue weighted by atomic mass is 10.00. The van der Waals surface area contributed by atoms with Crippen LogP contribution in [0.4, 0.5) is 4.39 Å². The zero-order valence-electron chi connectivity index (χ0n) is 22.1. The number of likely N-dealkylation sites (tertiary alicyclic amines) is 1. The third kappa shape index (κ3) is 7.96. The second-order valence-corrected chi connectivity index (χ2v) is 10.5. The Morgan fingerprint density at radius 1 is 0.947 bits per heavy atom. The molecule has 1 saturated heterocycles. The van der Waals surface area contributed by atoms with E-state index in [4.69, 9.17) is 4.74 Å². The van der Waals surface area contributed by atoms with E-state index in [1.165, 1.54) is 18.2 Å². The molecule has 0 spiro atoms. The molecule has 202 valence electrons. The molecule has 4 rings (SSSR count). The van der Waals surface area contributed by atoms with E-state index in [9.17, 15) is 19.4 Å². The predicted molar refractivity (Wildman–Crippen MR) is 145 cm³/mol. The van der Waals surface area contributed by atoms with Crippen molar-refractivity contribution in [3.05, 3.63) is 89.2 Å². The molecule has 3 aromatic rings. The Morgan fingerprint density at radius 2 is 1.55 bits per heavy atom. The summed E-state index contributed by atoms with van der Waals surface area (Å²) in [5.41, 5.74) is 2.67. The number of ether oxygens (including phenoxy) is 1. The molecular weight excluding hydrogens is 483 g/mol. The summed E-state index contributed by atoms with van der Waals surface area (Å²) in [5.74, 6) is 1.08. The molecule has 1 heterocycles. The topological polar surface area (TPSA) is 73.2 Å². The summed E-state index contributed by atoms with van der Waals surface area (Å²) in [6, 6.07) is 18.7. The lowest BCUT2D eigenvalue weighted by molar-refractivity contribution is -0.134. The van der Waals surface area contributed by atoms with Crippen LogP contribution in [0.1, 0.15) is 43.4 Å². The molecule has 7 heteroatoms. The van der Waals surface area contributed by atoms with Gasteiger partial charge in [-0.1, -0.05) is 38.1 Å². The summed E-state index contributed by atoms with van der Waals surface area (Å²) in [7, 11) is 0. The normalized spacial score (nSPS) is 14.5. The molecule has 1 amide bonds. The summed E-state index contributed by atoms with van der Waals surface area (Å²) < 4.78 is 19.3. The number of phenolic OH excluding ortho intramolecular Hbond substituents is 2. The third-order valence-electron chi connectivity index (χ3n) is 6.81. The van der Waals surface area contributed by atoms with Crippen molar-refractivity contribution in [1.29, 1.82) is 0 Å². The molecule has 1 aliphatic heterocycles. The van der Waals surface area contributed by atoms with Gasteiger partial charge in [-0.05, 0) is 71.8 Å². The molecule has 0 saturated carbocycles. The molecule has 3 aromatic carbocycles. The number of phenols is 2. The van der Waals surface area contributed by atoms with Gasteiger partial charge in [-0.3, -0.25) is 9.69 Å². The van der Waals surface area contributed by atoms with Crippen molar-refractivity contribution in [1.82, 2.24) is 9.80 Å². The van der Waals surface area contributed by atoms with Gasteiger partial charge in [-0.25, -0.2) is 4.39 Å². The van der Waals surface area contributed by atoms with Crippen LogP contribution in [0.3, 0.4) is 0 Å². The smallest absolute Gasteiger partial charge is 0.227 e. The number of carbonyl (C=O) groups is 1. The molecule has 2 N–H and O–H groups in total. The number of amides is 1. The first kappa shape index (κ1) is 27.5. The summed E-state index contributed by atoms with van der Waals surface area (Å²) in [4.78, 5) is 17.8. The lowest BCUT2D eigenvalue weighted by Crippen LogP contribution is -2.47. The van der Waals surface area contributed by atoms with Crippen LogP contribution in [0.2, 0.25) is 0 Å². The molecule has 1 fully saturated rings. The van der Waals surface area contributed by atoms with Gasteiger partial charge in [-0.2, -0.15) is 0 Å². The van der Waals surface area contributed by atoms with E-state index in [2.05, 4.69) is 18.7 Å². The van der Waals surface area contributed by atoms with E-state index < -0.39 is 0 Å². The minimum Gasteiger partial charge on any atom is -0.508 e. The molecule has 0 bridgehead atoms. The number of hydrogen-bond acceptors (Lipinski definition) is 5. The fourth-order valence-electron chi connectivity index (χ4n) is 4.85. The Balaban J connectivity index is 1.41. The van der Waals surface area contributed by atoms with E-state index in [1.807, 2.05) is 29.2 Å². The molecular formula is C31H37FN2O4. The van der Waals surface area contributed by atoms with Crippen molar-refractivity contribution in [2.45, 2.75) is 52.2 Å². The minimum atomic E-state index is -0.294. The summed E-state index contributed by atoms with van der Waals surface area (Å²) >= 11 is 0. The molecule has 0 aromatic heterocycles. The highest BCUT2D eigenvalue weighted by molar-refractivity contribution is 5.79. The minimum absolute atomic E-state index is 0.0431. The highest BCUT2D eigenvalue weighted by Gasteiger charge is 2.28.